The van der Waals surface area contributed by atoms with E-state index in [2.05, 4.69) is 50.7 Å². The zero-order valence-electron chi connectivity index (χ0n) is 14.7. The van der Waals surface area contributed by atoms with Crippen molar-refractivity contribution in [1.29, 1.82) is 0 Å². The SMILES string of the molecule is C[C@H](Nc1nc(N)nc(NCCC2=CCCCC2)n1)c1ccccc1. The topological polar surface area (TPSA) is 88.8 Å². The summed E-state index contributed by atoms with van der Waals surface area (Å²) in [5.41, 5.74) is 8.53. The zero-order valence-corrected chi connectivity index (χ0v) is 14.7. The molecule has 0 saturated carbocycles. The quantitative estimate of drug-likeness (QED) is 0.663. The molecule has 0 saturated heterocycles. The summed E-state index contributed by atoms with van der Waals surface area (Å²) in [4.78, 5) is 12.8. The number of allylic oxidation sites excluding steroid dienone is 1. The normalized spacial score (nSPS) is 15.3. The van der Waals surface area contributed by atoms with Crippen LogP contribution in [0.15, 0.2) is 42.0 Å². The number of hydrogen-bond donors (Lipinski definition) is 3. The maximum atomic E-state index is 5.83. The van der Waals surface area contributed by atoms with Crippen molar-refractivity contribution in [3.05, 3.63) is 47.5 Å². The Morgan fingerprint density at radius 3 is 2.64 bits per heavy atom. The number of hydrogen-bond acceptors (Lipinski definition) is 6. The first kappa shape index (κ1) is 17.2. The molecule has 6 nitrogen and oxygen atoms in total. The highest BCUT2D eigenvalue weighted by molar-refractivity contribution is 5.41. The van der Waals surface area contributed by atoms with Crippen LogP contribution < -0.4 is 16.4 Å². The molecule has 0 fully saturated rings. The van der Waals surface area contributed by atoms with Crippen LogP contribution in [-0.4, -0.2) is 21.5 Å². The minimum absolute atomic E-state index is 0.0863. The average Bonchev–Trinajstić information content (AvgIpc) is 2.63. The van der Waals surface area contributed by atoms with Crippen molar-refractivity contribution < 1.29 is 0 Å². The average molecular weight is 338 g/mol. The summed E-state index contributed by atoms with van der Waals surface area (Å²) in [7, 11) is 0. The number of anilines is 3. The maximum absolute atomic E-state index is 5.83. The van der Waals surface area contributed by atoms with Gasteiger partial charge in [0.15, 0.2) is 0 Å². The number of rotatable bonds is 7. The van der Waals surface area contributed by atoms with Crippen molar-refractivity contribution in [3.8, 4) is 0 Å². The predicted octanol–water partition coefficient (Wildman–Crippen LogP) is 3.93. The summed E-state index contributed by atoms with van der Waals surface area (Å²) in [5.74, 6) is 1.23. The second kappa shape index (κ2) is 8.46. The molecule has 0 amide bonds. The van der Waals surface area contributed by atoms with Crippen molar-refractivity contribution in [1.82, 2.24) is 15.0 Å². The van der Waals surface area contributed by atoms with E-state index in [1.165, 1.54) is 36.8 Å². The Hall–Kier alpha value is -2.63. The first-order valence-electron chi connectivity index (χ1n) is 8.95. The molecule has 6 heteroatoms. The fourth-order valence-electron chi connectivity index (χ4n) is 3.02. The number of nitrogen functional groups attached to an aromatic ring is 1. The molecular formula is C19H26N6. The van der Waals surface area contributed by atoms with Gasteiger partial charge in [-0.25, -0.2) is 0 Å². The molecule has 1 aliphatic carbocycles. The van der Waals surface area contributed by atoms with E-state index in [0.29, 0.717) is 11.9 Å². The maximum Gasteiger partial charge on any atom is 0.229 e. The molecule has 4 N–H and O–H groups in total. The molecule has 0 spiro atoms. The fourth-order valence-corrected chi connectivity index (χ4v) is 3.02. The van der Waals surface area contributed by atoms with Crippen molar-refractivity contribution in [2.45, 2.75) is 45.1 Å². The molecule has 1 aromatic carbocycles. The van der Waals surface area contributed by atoms with Crippen LogP contribution in [0.4, 0.5) is 17.8 Å². The van der Waals surface area contributed by atoms with Crippen molar-refractivity contribution in [2.75, 3.05) is 22.9 Å². The molecule has 25 heavy (non-hydrogen) atoms. The third-order valence-corrected chi connectivity index (χ3v) is 4.41. The van der Waals surface area contributed by atoms with Gasteiger partial charge in [-0.1, -0.05) is 42.0 Å². The molecule has 1 heterocycles. The van der Waals surface area contributed by atoms with Gasteiger partial charge >= 0.3 is 0 Å². The lowest BCUT2D eigenvalue weighted by atomic mass is 9.97. The van der Waals surface area contributed by atoms with E-state index >= 15 is 0 Å². The second-order valence-corrected chi connectivity index (χ2v) is 6.40. The molecule has 1 aromatic heterocycles. The van der Waals surface area contributed by atoms with E-state index in [1.54, 1.807) is 0 Å². The molecule has 1 atom stereocenters. The van der Waals surface area contributed by atoms with Crippen LogP contribution in [0.2, 0.25) is 0 Å². The predicted molar refractivity (Wildman–Crippen MR) is 102 cm³/mol. The Balaban J connectivity index is 1.59. The van der Waals surface area contributed by atoms with E-state index in [9.17, 15) is 0 Å². The van der Waals surface area contributed by atoms with Crippen molar-refractivity contribution in [2.24, 2.45) is 0 Å². The summed E-state index contributed by atoms with van der Waals surface area (Å²) in [6.07, 6.45) is 8.42. The largest absolute Gasteiger partial charge is 0.368 e. The molecule has 132 valence electrons. The van der Waals surface area contributed by atoms with E-state index in [0.717, 1.165) is 13.0 Å². The Labute approximate surface area is 149 Å². The van der Waals surface area contributed by atoms with Crippen LogP contribution in [0, 0.1) is 0 Å². The Morgan fingerprint density at radius 1 is 1.08 bits per heavy atom. The number of aromatic nitrogens is 3. The van der Waals surface area contributed by atoms with Crippen molar-refractivity contribution >= 4 is 17.8 Å². The molecular weight excluding hydrogens is 312 g/mol. The van der Waals surface area contributed by atoms with Crippen LogP contribution in [0.3, 0.4) is 0 Å². The highest BCUT2D eigenvalue weighted by Crippen LogP contribution is 2.20. The third kappa shape index (κ3) is 5.17. The minimum Gasteiger partial charge on any atom is -0.368 e. The summed E-state index contributed by atoms with van der Waals surface area (Å²) in [6, 6.07) is 10.3. The third-order valence-electron chi connectivity index (χ3n) is 4.41. The lowest BCUT2D eigenvalue weighted by Gasteiger charge is -2.15. The Kier molecular flexibility index (Phi) is 5.82. The highest BCUT2D eigenvalue weighted by atomic mass is 15.2. The number of benzene rings is 1. The first-order chi connectivity index (χ1) is 12.2. The standard InChI is InChI=1S/C19H26N6/c1-14(16-10-6-3-7-11-16)22-19-24-17(20)23-18(25-19)21-13-12-15-8-4-2-5-9-15/h3,6-8,10-11,14H,2,4-5,9,12-13H2,1H3,(H4,20,21,22,23,24,25)/t14-/m0/s1. The summed E-state index contributed by atoms with van der Waals surface area (Å²) in [5, 5.41) is 6.55. The van der Waals surface area contributed by atoms with Crippen LogP contribution in [-0.2, 0) is 0 Å². The van der Waals surface area contributed by atoms with E-state index < -0.39 is 0 Å². The van der Waals surface area contributed by atoms with E-state index in [1.807, 2.05) is 18.2 Å². The van der Waals surface area contributed by atoms with Gasteiger partial charge in [0.2, 0.25) is 17.8 Å². The van der Waals surface area contributed by atoms with Crippen molar-refractivity contribution in [3.63, 3.8) is 0 Å². The molecule has 2 aromatic rings. The smallest absolute Gasteiger partial charge is 0.229 e. The van der Waals surface area contributed by atoms with Gasteiger partial charge < -0.3 is 16.4 Å². The molecule has 3 rings (SSSR count). The second-order valence-electron chi connectivity index (χ2n) is 6.40. The Morgan fingerprint density at radius 2 is 1.88 bits per heavy atom. The monoisotopic (exact) mass is 338 g/mol. The lowest BCUT2D eigenvalue weighted by molar-refractivity contribution is 0.679. The molecule has 0 aliphatic heterocycles. The summed E-state index contributed by atoms with van der Waals surface area (Å²) in [6.45, 7) is 2.88. The lowest BCUT2D eigenvalue weighted by Crippen LogP contribution is -2.14. The van der Waals surface area contributed by atoms with E-state index in [-0.39, 0.29) is 12.0 Å². The fraction of sp³-hybridized carbons (Fsp3) is 0.421. The number of nitrogens with two attached hydrogens (primary N) is 1. The minimum atomic E-state index is 0.0863. The first-order valence-corrected chi connectivity index (χ1v) is 8.95. The highest BCUT2D eigenvalue weighted by Gasteiger charge is 2.10. The zero-order chi connectivity index (χ0) is 17.5. The Bertz CT molecular complexity index is 713. The van der Waals surface area contributed by atoms with Gasteiger partial charge in [-0.2, -0.15) is 15.0 Å². The summed E-state index contributed by atoms with van der Waals surface area (Å²) >= 11 is 0. The molecule has 1 aliphatic rings. The molecule has 0 radical (unpaired) electrons. The van der Waals surface area contributed by atoms with Crippen LogP contribution >= 0.6 is 0 Å². The van der Waals surface area contributed by atoms with Crippen LogP contribution in [0.1, 0.15) is 50.6 Å². The molecule has 0 unspecified atom stereocenters. The van der Waals surface area contributed by atoms with Gasteiger partial charge in [-0.3, -0.25) is 0 Å². The number of nitrogens with one attached hydrogen (secondary N) is 2. The van der Waals surface area contributed by atoms with Gasteiger partial charge in [0.1, 0.15) is 0 Å². The van der Waals surface area contributed by atoms with Crippen LogP contribution in [0.5, 0.6) is 0 Å². The van der Waals surface area contributed by atoms with Crippen LogP contribution in [0.25, 0.3) is 0 Å². The summed E-state index contributed by atoms with van der Waals surface area (Å²) < 4.78 is 0. The number of nitrogens with zero attached hydrogens (tertiary/aromatic N) is 3. The van der Waals surface area contributed by atoms with Gasteiger partial charge in [0, 0.05) is 6.54 Å². The van der Waals surface area contributed by atoms with Gasteiger partial charge in [0.05, 0.1) is 6.04 Å². The van der Waals surface area contributed by atoms with E-state index in [4.69, 9.17) is 5.73 Å². The van der Waals surface area contributed by atoms with Gasteiger partial charge in [-0.15, -0.1) is 0 Å². The van der Waals surface area contributed by atoms with Gasteiger partial charge in [-0.05, 0) is 44.6 Å². The van der Waals surface area contributed by atoms with Gasteiger partial charge in [0.25, 0.3) is 0 Å². The molecule has 0 bridgehead atoms.